The number of ether oxygens (including phenoxy) is 1. The SMILES string of the molecule is COC(=O)C12C=CC(CC1[N+](=O)[O-])C2=O. The van der Waals surface area contributed by atoms with Gasteiger partial charge >= 0.3 is 5.97 Å². The number of carbonyl (C=O) groups excluding carboxylic acids is 2. The standard InChI is InChI=1S/C9H9NO5/c1-15-8(12)9-3-2-5(7(9)11)4-6(9)10(13)14/h2-3,5-6H,4H2,1H3. The van der Waals surface area contributed by atoms with E-state index in [2.05, 4.69) is 4.74 Å². The fraction of sp³-hybridized carbons (Fsp3) is 0.556. The minimum atomic E-state index is -1.66. The van der Waals surface area contributed by atoms with E-state index in [-0.39, 0.29) is 6.42 Å². The highest BCUT2D eigenvalue weighted by atomic mass is 16.6. The van der Waals surface area contributed by atoms with Gasteiger partial charge in [0, 0.05) is 17.3 Å². The van der Waals surface area contributed by atoms with Crippen LogP contribution in [0.25, 0.3) is 0 Å². The topological polar surface area (TPSA) is 86.5 Å². The van der Waals surface area contributed by atoms with E-state index in [0.29, 0.717) is 0 Å². The Morgan fingerprint density at radius 3 is 2.87 bits per heavy atom. The molecule has 2 aliphatic carbocycles. The number of rotatable bonds is 2. The van der Waals surface area contributed by atoms with E-state index >= 15 is 0 Å². The third-order valence-corrected chi connectivity index (χ3v) is 3.12. The zero-order valence-electron chi connectivity index (χ0n) is 8.00. The van der Waals surface area contributed by atoms with Crippen LogP contribution in [-0.4, -0.2) is 29.8 Å². The molecule has 6 heteroatoms. The molecule has 2 aliphatic rings. The summed E-state index contributed by atoms with van der Waals surface area (Å²) in [6.07, 6.45) is 2.97. The maximum absolute atomic E-state index is 11.7. The molecule has 80 valence electrons. The van der Waals surface area contributed by atoms with Crippen molar-refractivity contribution in [1.82, 2.24) is 0 Å². The summed E-state index contributed by atoms with van der Waals surface area (Å²) in [4.78, 5) is 33.5. The lowest BCUT2D eigenvalue weighted by molar-refractivity contribution is -0.531. The van der Waals surface area contributed by atoms with Crippen molar-refractivity contribution in [1.29, 1.82) is 0 Å². The highest BCUT2D eigenvalue weighted by Crippen LogP contribution is 2.48. The molecular formula is C9H9NO5. The van der Waals surface area contributed by atoms with Crippen molar-refractivity contribution in [3.05, 3.63) is 22.3 Å². The molecule has 0 aliphatic heterocycles. The Morgan fingerprint density at radius 1 is 1.73 bits per heavy atom. The molecule has 0 N–H and O–H groups in total. The van der Waals surface area contributed by atoms with Crippen molar-refractivity contribution in [3.63, 3.8) is 0 Å². The van der Waals surface area contributed by atoms with Crippen LogP contribution in [-0.2, 0) is 14.3 Å². The van der Waals surface area contributed by atoms with Crippen molar-refractivity contribution in [3.8, 4) is 0 Å². The first-order valence-corrected chi connectivity index (χ1v) is 4.49. The van der Waals surface area contributed by atoms with E-state index in [4.69, 9.17) is 0 Å². The van der Waals surface area contributed by atoms with Crippen LogP contribution in [0.3, 0.4) is 0 Å². The van der Waals surface area contributed by atoms with Crippen LogP contribution in [0.5, 0.6) is 0 Å². The fourth-order valence-corrected chi connectivity index (χ4v) is 2.36. The Balaban J connectivity index is 2.49. The van der Waals surface area contributed by atoms with Crippen molar-refractivity contribution in [2.45, 2.75) is 12.5 Å². The van der Waals surface area contributed by atoms with Gasteiger partial charge in [-0.3, -0.25) is 19.7 Å². The van der Waals surface area contributed by atoms with E-state index in [9.17, 15) is 19.7 Å². The molecule has 0 aromatic heterocycles. The summed E-state index contributed by atoms with van der Waals surface area (Å²) in [7, 11) is 1.13. The van der Waals surface area contributed by atoms with Gasteiger partial charge in [0.15, 0.2) is 5.78 Å². The van der Waals surface area contributed by atoms with Crippen molar-refractivity contribution >= 4 is 11.8 Å². The summed E-state index contributed by atoms with van der Waals surface area (Å²) in [5.41, 5.74) is -1.66. The van der Waals surface area contributed by atoms with Crippen LogP contribution in [0, 0.1) is 21.4 Å². The number of methoxy groups -OCH3 is 1. The predicted octanol–water partition coefficient (Wildman–Crippen LogP) is -0.0501. The van der Waals surface area contributed by atoms with Gasteiger partial charge in [-0.05, 0) is 0 Å². The first kappa shape index (κ1) is 9.82. The first-order valence-electron chi connectivity index (χ1n) is 4.49. The van der Waals surface area contributed by atoms with Crippen molar-refractivity contribution in [2.24, 2.45) is 11.3 Å². The molecule has 0 amide bonds. The van der Waals surface area contributed by atoms with Crippen LogP contribution in [0.15, 0.2) is 12.2 Å². The van der Waals surface area contributed by atoms with Crippen LogP contribution in [0.4, 0.5) is 0 Å². The molecule has 0 radical (unpaired) electrons. The number of carbonyl (C=O) groups is 2. The Bertz CT molecular complexity index is 388. The van der Waals surface area contributed by atoms with Gasteiger partial charge in [-0.2, -0.15) is 0 Å². The van der Waals surface area contributed by atoms with Crippen LogP contribution in [0.1, 0.15) is 6.42 Å². The number of nitrogens with zero attached hydrogens (tertiary/aromatic N) is 1. The molecule has 15 heavy (non-hydrogen) atoms. The van der Waals surface area contributed by atoms with Gasteiger partial charge < -0.3 is 4.74 Å². The molecular weight excluding hydrogens is 202 g/mol. The summed E-state index contributed by atoms with van der Waals surface area (Å²) in [5, 5.41) is 10.8. The number of esters is 1. The number of ketones is 1. The van der Waals surface area contributed by atoms with Crippen LogP contribution in [0.2, 0.25) is 0 Å². The lowest BCUT2D eigenvalue weighted by Gasteiger charge is -2.21. The lowest BCUT2D eigenvalue weighted by atomic mass is 9.83. The molecule has 1 fully saturated rings. The molecule has 3 atom stereocenters. The molecule has 2 bridgehead atoms. The highest BCUT2D eigenvalue weighted by molar-refractivity contribution is 6.12. The molecule has 0 aromatic rings. The number of nitro groups is 1. The van der Waals surface area contributed by atoms with E-state index in [1.165, 1.54) is 6.08 Å². The molecule has 1 saturated carbocycles. The zero-order chi connectivity index (χ0) is 11.2. The van der Waals surface area contributed by atoms with E-state index < -0.39 is 34.1 Å². The molecule has 6 nitrogen and oxygen atoms in total. The fourth-order valence-electron chi connectivity index (χ4n) is 2.36. The van der Waals surface area contributed by atoms with Gasteiger partial charge in [0.25, 0.3) is 0 Å². The van der Waals surface area contributed by atoms with Gasteiger partial charge in [-0.25, -0.2) is 0 Å². The number of Topliss-reactive ketones (excluding diaryl/α,β-unsaturated/α-hetero) is 1. The number of hydrogen-bond donors (Lipinski definition) is 0. The third-order valence-electron chi connectivity index (χ3n) is 3.12. The van der Waals surface area contributed by atoms with Crippen LogP contribution >= 0.6 is 0 Å². The summed E-state index contributed by atoms with van der Waals surface area (Å²) in [6, 6.07) is -1.17. The average molecular weight is 211 g/mol. The maximum atomic E-state index is 11.7. The van der Waals surface area contributed by atoms with E-state index in [0.717, 1.165) is 7.11 Å². The van der Waals surface area contributed by atoms with E-state index in [1.807, 2.05) is 0 Å². The Hall–Kier alpha value is -1.72. The normalized spacial score (nSPS) is 37.0. The summed E-state index contributed by atoms with van der Waals surface area (Å²) >= 11 is 0. The first-order chi connectivity index (χ1) is 7.04. The minimum Gasteiger partial charge on any atom is -0.468 e. The Labute approximate surface area is 85.0 Å². The maximum Gasteiger partial charge on any atom is 0.330 e. The Morgan fingerprint density at radius 2 is 2.40 bits per heavy atom. The lowest BCUT2D eigenvalue weighted by Crippen LogP contribution is -2.45. The summed E-state index contributed by atoms with van der Waals surface area (Å²) in [5.74, 6) is -1.74. The number of allylic oxidation sites excluding steroid dienone is 1. The number of fused-ring (bicyclic) bond motifs is 2. The summed E-state index contributed by atoms with van der Waals surface area (Å²) in [6.45, 7) is 0. The van der Waals surface area contributed by atoms with Gasteiger partial charge in [0.2, 0.25) is 11.5 Å². The quantitative estimate of drug-likeness (QED) is 0.210. The third kappa shape index (κ3) is 0.986. The van der Waals surface area contributed by atoms with Gasteiger partial charge in [0.1, 0.15) is 0 Å². The second-order valence-corrected chi connectivity index (χ2v) is 3.73. The van der Waals surface area contributed by atoms with E-state index in [1.54, 1.807) is 6.08 Å². The smallest absolute Gasteiger partial charge is 0.330 e. The van der Waals surface area contributed by atoms with Gasteiger partial charge in [-0.15, -0.1) is 0 Å². The predicted molar refractivity (Wildman–Crippen MR) is 47.5 cm³/mol. The largest absolute Gasteiger partial charge is 0.468 e. The van der Waals surface area contributed by atoms with Crippen molar-refractivity contribution < 1.29 is 19.2 Å². The van der Waals surface area contributed by atoms with Gasteiger partial charge in [-0.1, -0.05) is 12.2 Å². The molecule has 3 unspecified atom stereocenters. The van der Waals surface area contributed by atoms with Gasteiger partial charge in [0.05, 0.1) is 7.11 Å². The molecule has 0 saturated heterocycles. The monoisotopic (exact) mass is 211 g/mol. The molecule has 0 aromatic carbocycles. The molecule has 0 heterocycles. The second-order valence-electron chi connectivity index (χ2n) is 3.73. The zero-order valence-corrected chi connectivity index (χ0v) is 8.00. The molecule has 0 spiro atoms. The van der Waals surface area contributed by atoms with Crippen LogP contribution < -0.4 is 0 Å². The Kier molecular flexibility index (Phi) is 1.89. The number of hydrogen-bond acceptors (Lipinski definition) is 5. The average Bonchev–Trinajstić information content (AvgIpc) is 2.69. The molecule has 2 rings (SSSR count). The second kappa shape index (κ2) is 2.88. The summed E-state index contributed by atoms with van der Waals surface area (Å²) < 4.78 is 4.49. The minimum absolute atomic E-state index is 0.0947. The highest BCUT2D eigenvalue weighted by Gasteiger charge is 2.67. The van der Waals surface area contributed by atoms with Crippen molar-refractivity contribution in [2.75, 3.05) is 7.11 Å².